The summed E-state index contributed by atoms with van der Waals surface area (Å²) in [6.45, 7) is 3.57. The quantitative estimate of drug-likeness (QED) is 0.571. The van der Waals surface area contributed by atoms with E-state index in [2.05, 4.69) is 10.6 Å². The lowest BCUT2D eigenvalue weighted by molar-refractivity contribution is -0.129. The largest absolute Gasteiger partial charge is 0.494 e. The molecule has 4 aliphatic rings. The first-order chi connectivity index (χ1) is 14.5. The Morgan fingerprint density at radius 2 is 1.50 bits per heavy atom. The van der Waals surface area contributed by atoms with Crippen LogP contribution in [0.5, 0.6) is 5.75 Å². The highest BCUT2D eigenvalue weighted by molar-refractivity contribution is 5.77. The number of carbonyl (C=O) groups is 2. The molecule has 1 aromatic carbocycles. The number of rotatable bonds is 10. The monoisotopic (exact) mass is 412 g/mol. The lowest BCUT2D eigenvalue weighted by Crippen LogP contribution is -2.48. The van der Waals surface area contributed by atoms with Gasteiger partial charge in [0.1, 0.15) is 5.75 Å². The van der Waals surface area contributed by atoms with Gasteiger partial charge in [0.25, 0.3) is 0 Å². The van der Waals surface area contributed by atoms with Crippen LogP contribution in [0.3, 0.4) is 0 Å². The molecule has 1 aromatic rings. The number of ether oxygens (including phenoxy) is 1. The van der Waals surface area contributed by atoms with Crippen LogP contribution >= 0.6 is 0 Å². The Hall–Kier alpha value is -2.04. The van der Waals surface area contributed by atoms with E-state index in [1.54, 1.807) is 0 Å². The van der Waals surface area contributed by atoms with Gasteiger partial charge in [-0.25, -0.2) is 0 Å². The number of nitrogens with one attached hydrogen (secondary N) is 2. The van der Waals surface area contributed by atoms with Gasteiger partial charge >= 0.3 is 0 Å². The molecular weight excluding hydrogens is 376 g/mol. The van der Waals surface area contributed by atoms with Crippen molar-refractivity contribution >= 4 is 11.8 Å². The molecule has 0 radical (unpaired) electrons. The predicted molar refractivity (Wildman–Crippen MR) is 117 cm³/mol. The minimum atomic E-state index is 0.0119. The van der Waals surface area contributed by atoms with E-state index in [4.69, 9.17) is 4.74 Å². The molecule has 30 heavy (non-hydrogen) atoms. The van der Waals surface area contributed by atoms with Gasteiger partial charge in [0.2, 0.25) is 11.8 Å². The van der Waals surface area contributed by atoms with Gasteiger partial charge in [-0.3, -0.25) is 9.59 Å². The van der Waals surface area contributed by atoms with E-state index < -0.39 is 0 Å². The SMILES string of the molecule is Cc1ccc(OCCCC(=O)NCCNC(=O)CC23CC4CC(CC(C4)C2)C3)cc1. The molecule has 0 unspecified atom stereocenters. The summed E-state index contributed by atoms with van der Waals surface area (Å²) in [7, 11) is 0. The Morgan fingerprint density at radius 1 is 0.933 bits per heavy atom. The lowest BCUT2D eigenvalue weighted by Gasteiger charge is -2.56. The highest BCUT2D eigenvalue weighted by Crippen LogP contribution is 2.61. The van der Waals surface area contributed by atoms with Gasteiger partial charge in [-0.05, 0) is 87.2 Å². The number of hydrogen-bond acceptors (Lipinski definition) is 3. The maximum Gasteiger partial charge on any atom is 0.220 e. The van der Waals surface area contributed by atoms with Crippen LogP contribution in [0.4, 0.5) is 0 Å². The molecule has 4 fully saturated rings. The average molecular weight is 413 g/mol. The molecule has 0 atom stereocenters. The van der Waals surface area contributed by atoms with Gasteiger partial charge in [-0.1, -0.05) is 17.7 Å². The van der Waals surface area contributed by atoms with Gasteiger partial charge in [0.05, 0.1) is 6.61 Å². The third kappa shape index (κ3) is 5.55. The number of amides is 2. The third-order valence-electron chi connectivity index (χ3n) is 7.31. The van der Waals surface area contributed by atoms with Crippen molar-refractivity contribution in [1.29, 1.82) is 0 Å². The molecule has 4 bridgehead atoms. The third-order valence-corrected chi connectivity index (χ3v) is 7.31. The molecule has 0 aromatic heterocycles. The first-order valence-electron chi connectivity index (χ1n) is 11.7. The first-order valence-corrected chi connectivity index (χ1v) is 11.7. The molecule has 0 aliphatic heterocycles. The molecule has 0 spiro atoms. The normalized spacial score (nSPS) is 28.9. The summed E-state index contributed by atoms with van der Waals surface area (Å²) >= 11 is 0. The number of carbonyl (C=O) groups excluding carboxylic acids is 2. The molecular formula is C25H36N2O3. The zero-order valence-corrected chi connectivity index (χ0v) is 18.3. The fraction of sp³-hybridized carbons (Fsp3) is 0.680. The maximum absolute atomic E-state index is 12.5. The van der Waals surface area contributed by atoms with Crippen molar-refractivity contribution in [2.75, 3.05) is 19.7 Å². The van der Waals surface area contributed by atoms with Gasteiger partial charge in [0.15, 0.2) is 0 Å². The fourth-order valence-corrected chi connectivity index (χ4v) is 6.46. The van der Waals surface area contributed by atoms with Gasteiger partial charge in [-0.15, -0.1) is 0 Å². The standard InChI is InChI=1S/C25H36N2O3/c1-18-4-6-22(7-5-18)30-10-2-3-23(28)26-8-9-27-24(29)17-25-14-19-11-20(15-25)13-21(12-19)16-25/h4-7,19-21H,2-3,8-17H2,1H3,(H,26,28)(H,27,29). The molecule has 0 heterocycles. The molecule has 4 saturated carbocycles. The predicted octanol–water partition coefficient (Wildman–Crippen LogP) is 3.99. The van der Waals surface area contributed by atoms with Crippen LogP contribution in [0.25, 0.3) is 0 Å². The van der Waals surface area contributed by atoms with Crippen molar-refractivity contribution in [2.45, 2.75) is 64.7 Å². The van der Waals surface area contributed by atoms with Gasteiger partial charge < -0.3 is 15.4 Å². The Morgan fingerprint density at radius 3 is 2.10 bits per heavy atom. The average Bonchev–Trinajstić information content (AvgIpc) is 2.68. The van der Waals surface area contributed by atoms with Crippen LogP contribution < -0.4 is 15.4 Å². The zero-order chi connectivity index (χ0) is 21.0. The molecule has 5 nitrogen and oxygen atoms in total. The van der Waals surface area contributed by atoms with Crippen LogP contribution in [0.2, 0.25) is 0 Å². The van der Waals surface area contributed by atoms with Crippen molar-refractivity contribution in [3.05, 3.63) is 29.8 Å². The van der Waals surface area contributed by atoms with Crippen LogP contribution in [-0.4, -0.2) is 31.5 Å². The molecule has 5 heteroatoms. The van der Waals surface area contributed by atoms with E-state index in [-0.39, 0.29) is 17.2 Å². The minimum absolute atomic E-state index is 0.0119. The lowest BCUT2D eigenvalue weighted by atomic mass is 9.49. The molecule has 5 rings (SSSR count). The van der Waals surface area contributed by atoms with E-state index in [1.807, 2.05) is 31.2 Å². The van der Waals surface area contributed by atoms with Crippen LogP contribution in [0.15, 0.2) is 24.3 Å². The van der Waals surface area contributed by atoms with E-state index >= 15 is 0 Å². The summed E-state index contributed by atoms with van der Waals surface area (Å²) in [4.78, 5) is 24.5. The van der Waals surface area contributed by atoms with Crippen molar-refractivity contribution < 1.29 is 14.3 Å². The maximum atomic E-state index is 12.5. The summed E-state index contributed by atoms with van der Waals surface area (Å²) in [5.74, 6) is 3.63. The van der Waals surface area contributed by atoms with Gasteiger partial charge in [-0.2, -0.15) is 0 Å². The van der Waals surface area contributed by atoms with E-state index in [9.17, 15) is 9.59 Å². The van der Waals surface area contributed by atoms with Gasteiger partial charge in [0, 0.05) is 25.9 Å². The Kier molecular flexibility index (Phi) is 6.64. The van der Waals surface area contributed by atoms with E-state index in [0.29, 0.717) is 39.0 Å². The van der Waals surface area contributed by atoms with Crippen molar-refractivity contribution in [3.8, 4) is 5.75 Å². The summed E-state index contributed by atoms with van der Waals surface area (Å²) in [5.41, 5.74) is 1.48. The summed E-state index contributed by atoms with van der Waals surface area (Å²) < 4.78 is 5.65. The molecule has 164 valence electrons. The number of aryl methyl sites for hydroxylation is 1. The smallest absolute Gasteiger partial charge is 0.220 e. The van der Waals surface area contributed by atoms with Crippen molar-refractivity contribution in [2.24, 2.45) is 23.2 Å². The van der Waals surface area contributed by atoms with E-state index in [1.165, 1.54) is 44.1 Å². The van der Waals surface area contributed by atoms with Crippen molar-refractivity contribution in [1.82, 2.24) is 10.6 Å². The number of hydrogen-bond donors (Lipinski definition) is 2. The van der Waals surface area contributed by atoms with Crippen LogP contribution in [0.1, 0.15) is 63.4 Å². The summed E-state index contributed by atoms with van der Waals surface area (Å²) in [6.07, 6.45) is 9.79. The molecule has 2 amide bonds. The molecule has 2 N–H and O–H groups in total. The Bertz CT molecular complexity index is 708. The second-order valence-corrected chi connectivity index (χ2v) is 10.1. The van der Waals surface area contributed by atoms with Crippen molar-refractivity contribution in [3.63, 3.8) is 0 Å². The van der Waals surface area contributed by atoms with E-state index in [0.717, 1.165) is 23.5 Å². The highest BCUT2D eigenvalue weighted by atomic mass is 16.5. The highest BCUT2D eigenvalue weighted by Gasteiger charge is 2.51. The topological polar surface area (TPSA) is 67.4 Å². The zero-order valence-electron chi connectivity index (χ0n) is 18.3. The summed E-state index contributed by atoms with van der Waals surface area (Å²) in [5, 5.41) is 5.92. The molecule has 0 saturated heterocycles. The fourth-order valence-electron chi connectivity index (χ4n) is 6.46. The minimum Gasteiger partial charge on any atom is -0.494 e. The van der Waals surface area contributed by atoms with Crippen LogP contribution in [0, 0.1) is 30.1 Å². The Labute approximate surface area is 180 Å². The van der Waals surface area contributed by atoms with Crippen LogP contribution in [-0.2, 0) is 9.59 Å². The summed E-state index contributed by atoms with van der Waals surface area (Å²) in [6, 6.07) is 7.92. The number of benzene rings is 1. The molecule has 4 aliphatic carbocycles. The Balaban J connectivity index is 1.06. The second-order valence-electron chi connectivity index (χ2n) is 10.1. The second kappa shape index (κ2) is 9.40. The first kappa shape index (κ1) is 21.2.